The summed E-state index contributed by atoms with van der Waals surface area (Å²) in [5.41, 5.74) is 0.642. The summed E-state index contributed by atoms with van der Waals surface area (Å²) < 4.78 is 13.8. The number of halogens is 2. The Morgan fingerprint density at radius 1 is 1.50 bits per heavy atom. The summed E-state index contributed by atoms with van der Waals surface area (Å²) in [6.45, 7) is 4.84. The van der Waals surface area contributed by atoms with Gasteiger partial charge in [0.25, 0.3) is 0 Å². The maximum absolute atomic E-state index is 13.1. The van der Waals surface area contributed by atoms with E-state index in [0.717, 1.165) is 11.0 Å². The molecular weight excluding hydrogens is 271 g/mol. The summed E-state index contributed by atoms with van der Waals surface area (Å²) in [7, 11) is 0. The molecule has 0 saturated heterocycles. The second-order valence-corrected chi connectivity index (χ2v) is 4.88. The first-order valence-electron chi connectivity index (χ1n) is 5.12. The van der Waals surface area contributed by atoms with Crippen LogP contribution in [-0.2, 0) is 0 Å². The van der Waals surface area contributed by atoms with E-state index in [1.54, 1.807) is 6.07 Å². The molecule has 0 radical (unpaired) electrons. The van der Waals surface area contributed by atoms with Gasteiger partial charge in [-0.25, -0.2) is 4.39 Å². The Labute approximate surface area is 104 Å². The fraction of sp³-hybridized carbons (Fsp3) is 0.417. The predicted molar refractivity (Wildman–Crippen MR) is 65.3 cm³/mol. The highest BCUT2D eigenvalue weighted by Crippen LogP contribution is 2.24. The first-order chi connectivity index (χ1) is 7.54. The third-order valence-corrected chi connectivity index (χ3v) is 2.85. The highest BCUT2D eigenvalue weighted by Gasteiger charge is 2.14. The van der Waals surface area contributed by atoms with Crippen LogP contribution in [0.15, 0.2) is 22.7 Å². The molecule has 0 aliphatic heterocycles. The largest absolute Gasteiger partial charge is 0.298 e. The SMILES string of the molecule is CC(C)CNC(C#N)c1cc(F)ccc1Br. The Morgan fingerprint density at radius 3 is 2.75 bits per heavy atom. The molecule has 0 saturated carbocycles. The lowest BCUT2D eigenvalue weighted by molar-refractivity contribution is 0.522. The van der Waals surface area contributed by atoms with Gasteiger partial charge in [0.15, 0.2) is 0 Å². The van der Waals surface area contributed by atoms with E-state index in [1.165, 1.54) is 12.1 Å². The molecule has 1 unspecified atom stereocenters. The molecule has 1 aromatic carbocycles. The maximum atomic E-state index is 13.1. The molecular formula is C12H14BrFN2. The molecule has 0 fully saturated rings. The van der Waals surface area contributed by atoms with Gasteiger partial charge in [0.05, 0.1) is 6.07 Å². The van der Waals surface area contributed by atoms with Crippen LogP contribution in [0, 0.1) is 23.1 Å². The highest BCUT2D eigenvalue weighted by atomic mass is 79.9. The van der Waals surface area contributed by atoms with Crippen molar-refractivity contribution in [3.8, 4) is 6.07 Å². The fourth-order valence-corrected chi connectivity index (χ4v) is 1.79. The fourth-order valence-electron chi connectivity index (χ4n) is 1.31. The van der Waals surface area contributed by atoms with Crippen molar-refractivity contribution in [1.82, 2.24) is 5.32 Å². The maximum Gasteiger partial charge on any atom is 0.123 e. The van der Waals surface area contributed by atoms with Gasteiger partial charge in [-0.3, -0.25) is 5.32 Å². The van der Waals surface area contributed by atoms with E-state index < -0.39 is 6.04 Å². The van der Waals surface area contributed by atoms with Crippen molar-refractivity contribution < 1.29 is 4.39 Å². The average Bonchev–Trinajstić information content (AvgIpc) is 2.23. The number of rotatable bonds is 4. The van der Waals surface area contributed by atoms with E-state index >= 15 is 0 Å². The second-order valence-electron chi connectivity index (χ2n) is 4.03. The van der Waals surface area contributed by atoms with Gasteiger partial charge in [-0.2, -0.15) is 5.26 Å². The van der Waals surface area contributed by atoms with Gasteiger partial charge in [0, 0.05) is 10.0 Å². The molecule has 0 spiro atoms. The van der Waals surface area contributed by atoms with E-state index in [4.69, 9.17) is 5.26 Å². The Balaban J connectivity index is 2.87. The Kier molecular flexibility index (Phi) is 4.91. The third kappa shape index (κ3) is 3.58. The zero-order chi connectivity index (χ0) is 12.1. The molecule has 1 atom stereocenters. The summed E-state index contributed by atoms with van der Waals surface area (Å²) in [5.74, 6) is 0.119. The summed E-state index contributed by atoms with van der Waals surface area (Å²) in [5, 5.41) is 12.1. The Morgan fingerprint density at radius 2 is 2.19 bits per heavy atom. The zero-order valence-corrected chi connectivity index (χ0v) is 10.9. The molecule has 0 bridgehead atoms. The first-order valence-corrected chi connectivity index (χ1v) is 5.92. The Hall–Kier alpha value is -0.920. The van der Waals surface area contributed by atoms with E-state index in [2.05, 4.69) is 41.2 Å². The number of nitrogens with one attached hydrogen (secondary N) is 1. The summed E-state index contributed by atoms with van der Waals surface area (Å²) in [6.07, 6.45) is 0. The van der Waals surface area contributed by atoms with Crippen molar-refractivity contribution in [1.29, 1.82) is 5.26 Å². The molecule has 0 amide bonds. The van der Waals surface area contributed by atoms with Crippen LogP contribution in [0.5, 0.6) is 0 Å². The third-order valence-electron chi connectivity index (χ3n) is 2.13. The smallest absolute Gasteiger partial charge is 0.123 e. The van der Waals surface area contributed by atoms with Crippen molar-refractivity contribution in [3.05, 3.63) is 34.1 Å². The van der Waals surface area contributed by atoms with Crippen molar-refractivity contribution >= 4 is 15.9 Å². The molecule has 4 heteroatoms. The van der Waals surface area contributed by atoms with Gasteiger partial charge in [-0.05, 0) is 30.7 Å². The predicted octanol–water partition coefficient (Wildman–Crippen LogP) is 3.40. The lowest BCUT2D eigenvalue weighted by Crippen LogP contribution is -2.24. The average molecular weight is 285 g/mol. The van der Waals surface area contributed by atoms with Crippen LogP contribution in [0.1, 0.15) is 25.5 Å². The quantitative estimate of drug-likeness (QED) is 0.920. The molecule has 16 heavy (non-hydrogen) atoms. The van der Waals surface area contributed by atoms with Crippen LogP contribution in [0.3, 0.4) is 0 Å². The normalized spacial score (nSPS) is 12.5. The second kappa shape index (κ2) is 5.97. The summed E-state index contributed by atoms with van der Waals surface area (Å²) in [6, 6.07) is 6.02. The lowest BCUT2D eigenvalue weighted by atomic mass is 10.1. The molecule has 0 heterocycles. The number of nitriles is 1. The number of hydrogen-bond donors (Lipinski definition) is 1. The minimum Gasteiger partial charge on any atom is -0.298 e. The lowest BCUT2D eigenvalue weighted by Gasteiger charge is -2.15. The summed E-state index contributed by atoms with van der Waals surface area (Å²) in [4.78, 5) is 0. The van der Waals surface area contributed by atoms with Gasteiger partial charge in [0.1, 0.15) is 11.9 Å². The van der Waals surface area contributed by atoms with Gasteiger partial charge in [-0.15, -0.1) is 0 Å². The molecule has 86 valence electrons. The van der Waals surface area contributed by atoms with Crippen LogP contribution in [-0.4, -0.2) is 6.54 Å². The minimum absolute atomic E-state index is 0.329. The number of benzene rings is 1. The van der Waals surface area contributed by atoms with Gasteiger partial charge in [-0.1, -0.05) is 29.8 Å². The van der Waals surface area contributed by atoms with Crippen molar-refractivity contribution in [2.75, 3.05) is 6.54 Å². The standard InChI is InChI=1S/C12H14BrFN2/c1-8(2)7-16-12(6-15)10-5-9(14)3-4-11(10)13/h3-5,8,12,16H,7H2,1-2H3. The van der Waals surface area contributed by atoms with E-state index in [-0.39, 0.29) is 5.82 Å². The van der Waals surface area contributed by atoms with Crippen LogP contribution in [0.4, 0.5) is 4.39 Å². The number of hydrogen-bond acceptors (Lipinski definition) is 2. The molecule has 1 rings (SSSR count). The van der Waals surface area contributed by atoms with Crippen molar-refractivity contribution in [3.63, 3.8) is 0 Å². The molecule has 0 aliphatic rings. The van der Waals surface area contributed by atoms with Gasteiger partial charge < -0.3 is 0 Å². The van der Waals surface area contributed by atoms with Crippen molar-refractivity contribution in [2.45, 2.75) is 19.9 Å². The molecule has 0 aliphatic carbocycles. The minimum atomic E-state index is -0.479. The molecule has 1 aromatic rings. The van der Waals surface area contributed by atoms with Gasteiger partial charge in [0.2, 0.25) is 0 Å². The number of nitrogens with zero attached hydrogens (tertiary/aromatic N) is 1. The van der Waals surface area contributed by atoms with Crippen LogP contribution in [0.25, 0.3) is 0 Å². The molecule has 2 nitrogen and oxygen atoms in total. The highest BCUT2D eigenvalue weighted by molar-refractivity contribution is 9.10. The zero-order valence-electron chi connectivity index (χ0n) is 9.30. The topological polar surface area (TPSA) is 35.8 Å². The van der Waals surface area contributed by atoms with E-state index in [9.17, 15) is 4.39 Å². The van der Waals surface area contributed by atoms with Gasteiger partial charge >= 0.3 is 0 Å². The van der Waals surface area contributed by atoms with Crippen LogP contribution >= 0.6 is 15.9 Å². The Bertz CT molecular complexity index is 398. The summed E-state index contributed by atoms with van der Waals surface area (Å²) >= 11 is 3.32. The molecule has 1 N–H and O–H groups in total. The molecule has 0 aromatic heterocycles. The first kappa shape index (κ1) is 13.1. The van der Waals surface area contributed by atoms with Crippen LogP contribution in [0.2, 0.25) is 0 Å². The van der Waals surface area contributed by atoms with Crippen LogP contribution < -0.4 is 5.32 Å². The monoisotopic (exact) mass is 284 g/mol. The van der Waals surface area contributed by atoms with E-state index in [1.807, 2.05) is 0 Å². The van der Waals surface area contributed by atoms with Crippen molar-refractivity contribution in [2.24, 2.45) is 5.92 Å². The van der Waals surface area contributed by atoms with E-state index in [0.29, 0.717) is 11.5 Å².